The van der Waals surface area contributed by atoms with E-state index in [-0.39, 0.29) is 0 Å². The Bertz CT molecular complexity index is 349. The molecule has 0 amide bonds. The number of nitrogens with one attached hydrogen (secondary N) is 1. The third-order valence-electron chi connectivity index (χ3n) is 3.31. The number of fused-ring (bicyclic) bond motifs is 1. The molecule has 1 aromatic carbocycles. The maximum absolute atomic E-state index is 5.72. The van der Waals surface area contributed by atoms with E-state index in [9.17, 15) is 0 Å². The van der Waals surface area contributed by atoms with E-state index in [1.54, 1.807) is 0 Å². The van der Waals surface area contributed by atoms with Gasteiger partial charge < -0.3 is 10.1 Å². The lowest BCUT2D eigenvalue weighted by atomic mass is 10.1. The summed E-state index contributed by atoms with van der Waals surface area (Å²) in [5.41, 5.74) is 2.90. The molecule has 0 radical (unpaired) electrons. The molecule has 0 fully saturated rings. The van der Waals surface area contributed by atoms with Gasteiger partial charge in [0, 0.05) is 6.04 Å². The molecular formula is C14H21NO. The molecule has 0 aromatic heterocycles. The molecule has 1 aliphatic carbocycles. The molecule has 1 N–H and O–H groups in total. The molecule has 1 aliphatic rings. The summed E-state index contributed by atoms with van der Waals surface area (Å²) in [7, 11) is 2.03. The molecule has 0 aliphatic heterocycles. The summed E-state index contributed by atoms with van der Waals surface area (Å²) >= 11 is 0. The number of unbranched alkanes of at least 4 members (excludes halogenated alkanes) is 1. The molecule has 2 nitrogen and oxygen atoms in total. The van der Waals surface area contributed by atoms with Gasteiger partial charge in [0.05, 0.1) is 6.61 Å². The van der Waals surface area contributed by atoms with Crippen LogP contribution in [0.15, 0.2) is 18.2 Å². The summed E-state index contributed by atoms with van der Waals surface area (Å²) in [4.78, 5) is 0. The molecule has 0 spiro atoms. The molecule has 0 saturated heterocycles. The van der Waals surface area contributed by atoms with Crippen molar-refractivity contribution in [1.82, 2.24) is 5.32 Å². The van der Waals surface area contributed by atoms with Crippen molar-refractivity contribution in [3.8, 4) is 5.75 Å². The van der Waals surface area contributed by atoms with Crippen molar-refractivity contribution < 1.29 is 4.74 Å². The number of rotatable bonds is 5. The predicted octanol–water partition coefficient (Wildman–Crippen LogP) is 3.07. The van der Waals surface area contributed by atoms with Gasteiger partial charge in [-0.15, -0.1) is 0 Å². The third-order valence-corrected chi connectivity index (χ3v) is 3.31. The molecule has 1 unspecified atom stereocenters. The van der Waals surface area contributed by atoms with Crippen LogP contribution in [0.2, 0.25) is 0 Å². The summed E-state index contributed by atoms with van der Waals surface area (Å²) in [5.74, 6) is 1.03. The van der Waals surface area contributed by atoms with Crippen LogP contribution < -0.4 is 10.1 Å². The monoisotopic (exact) mass is 219 g/mol. The topological polar surface area (TPSA) is 21.3 Å². The lowest BCUT2D eigenvalue weighted by Gasteiger charge is -2.11. The summed E-state index contributed by atoms with van der Waals surface area (Å²) in [6, 6.07) is 7.07. The highest BCUT2D eigenvalue weighted by Gasteiger charge is 2.20. The maximum atomic E-state index is 5.72. The molecule has 88 valence electrons. The van der Waals surface area contributed by atoms with E-state index in [2.05, 4.69) is 30.4 Å². The van der Waals surface area contributed by atoms with Crippen molar-refractivity contribution in [2.45, 2.75) is 38.6 Å². The second-order valence-electron chi connectivity index (χ2n) is 4.44. The van der Waals surface area contributed by atoms with E-state index in [0.717, 1.165) is 18.8 Å². The lowest BCUT2D eigenvalue weighted by molar-refractivity contribution is 0.309. The third kappa shape index (κ3) is 2.38. The summed E-state index contributed by atoms with van der Waals surface area (Å²) in [6.45, 7) is 3.02. The molecule has 0 bridgehead atoms. The fourth-order valence-electron chi connectivity index (χ4n) is 2.32. The maximum Gasteiger partial charge on any atom is 0.119 e. The Morgan fingerprint density at radius 3 is 3.06 bits per heavy atom. The zero-order valence-electron chi connectivity index (χ0n) is 10.3. The first kappa shape index (κ1) is 11.5. The first-order valence-corrected chi connectivity index (χ1v) is 6.28. The Morgan fingerprint density at radius 1 is 1.44 bits per heavy atom. The predicted molar refractivity (Wildman–Crippen MR) is 67.0 cm³/mol. The van der Waals surface area contributed by atoms with Crippen molar-refractivity contribution in [3.63, 3.8) is 0 Å². The van der Waals surface area contributed by atoms with Crippen molar-refractivity contribution >= 4 is 0 Å². The minimum Gasteiger partial charge on any atom is -0.494 e. The second-order valence-corrected chi connectivity index (χ2v) is 4.44. The molecule has 2 heteroatoms. The van der Waals surface area contributed by atoms with Crippen LogP contribution in [0.25, 0.3) is 0 Å². The average molecular weight is 219 g/mol. The van der Waals surface area contributed by atoms with Crippen molar-refractivity contribution in [2.24, 2.45) is 0 Å². The quantitative estimate of drug-likeness (QED) is 0.768. The molecule has 0 heterocycles. The molecule has 1 aromatic rings. The van der Waals surface area contributed by atoms with E-state index in [0.29, 0.717) is 6.04 Å². The normalized spacial score (nSPS) is 18.5. The highest BCUT2D eigenvalue weighted by molar-refractivity contribution is 5.40. The van der Waals surface area contributed by atoms with Gasteiger partial charge >= 0.3 is 0 Å². The van der Waals surface area contributed by atoms with E-state index in [1.807, 2.05) is 7.05 Å². The van der Waals surface area contributed by atoms with Gasteiger partial charge in [-0.25, -0.2) is 0 Å². The average Bonchev–Trinajstić information content (AvgIpc) is 2.71. The van der Waals surface area contributed by atoms with Gasteiger partial charge in [-0.05, 0) is 49.6 Å². The van der Waals surface area contributed by atoms with Gasteiger partial charge in [0.2, 0.25) is 0 Å². The number of hydrogen-bond acceptors (Lipinski definition) is 2. The first-order valence-electron chi connectivity index (χ1n) is 6.28. The SMILES string of the molecule is CCCCOc1ccc2c(c1)CCC2NC. The van der Waals surface area contributed by atoms with Gasteiger partial charge in [-0.3, -0.25) is 0 Å². The summed E-state index contributed by atoms with van der Waals surface area (Å²) in [6.07, 6.45) is 4.71. The smallest absolute Gasteiger partial charge is 0.119 e. The van der Waals surface area contributed by atoms with Gasteiger partial charge in [0.25, 0.3) is 0 Å². The van der Waals surface area contributed by atoms with Crippen LogP contribution in [-0.2, 0) is 6.42 Å². The van der Waals surface area contributed by atoms with E-state index in [4.69, 9.17) is 4.74 Å². The van der Waals surface area contributed by atoms with Gasteiger partial charge in [-0.2, -0.15) is 0 Å². The van der Waals surface area contributed by atoms with Crippen LogP contribution >= 0.6 is 0 Å². The largest absolute Gasteiger partial charge is 0.494 e. The number of hydrogen-bond donors (Lipinski definition) is 1. The van der Waals surface area contributed by atoms with Crippen LogP contribution in [-0.4, -0.2) is 13.7 Å². The van der Waals surface area contributed by atoms with Gasteiger partial charge in [-0.1, -0.05) is 19.4 Å². The fourth-order valence-corrected chi connectivity index (χ4v) is 2.32. The van der Waals surface area contributed by atoms with E-state index in [1.165, 1.54) is 30.4 Å². The highest BCUT2D eigenvalue weighted by atomic mass is 16.5. The summed E-state index contributed by atoms with van der Waals surface area (Å²) in [5, 5.41) is 3.35. The summed E-state index contributed by atoms with van der Waals surface area (Å²) < 4.78 is 5.72. The van der Waals surface area contributed by atoms with Gasteiger partial charge in [0.15, 0.2) is 0 Å². The Hall–Kier alpha value is -1.02. The van der Waals surface area contributed by atoms with Crippen molar-refractivity contribution in [2.75, 3.05) is 13.7 Å². The molecule has 0 saturated carbocycles. The highest BCUT2D eigenvalue weighted by Crippen LogP contribution is 2.33. The minimum atomic E-state index is 0.541. The van der Waals surface area contributed by atoms with Crippen LogP contribution in [0.1, 0.15) is 43.4 Å². The van der Waals surface area contributed by atoms with Crippen molar-refractivity contribution in [1.29, 1.82) is 0 Å². The standard InChI is InChI=1S/C14H21NO/c1-3-4-9-16-12-6-7-13-11(10-12)5-8-14(13)15-2/h6-7,10,14-15H,3-5,8-9H2,1-2H3. The minimum absolute atomic E-state index is 0.541. The van der Waals surface area contributed by atoms with Crippen LogP contribution in [0, 0.1) is 0 Å². The number of ether oxygens (including phenoxy) is 1. The number of benzene rings is 1. The Labute approximate surface area is 98.0 Å². The van der Waals surface area contributed by atoms with Crippen LogP contribution in [0.4, 0.5) is 0 Å². The van der Waals surface area contributed by atoms with E-state index >= 15 is 0 Å². The zero-order valence-corrected chi connectivity index (χ0v) is 10.3. The molecule has 1 atom stereocenters. The second kappa shape index (κ2) is 5.35. The zero-order chi connectivity index (χ0) is 11.4. The first-order chi connectivity index (χ1) is 7.85. The van der Waals surface area contributed by atoms with Crippen LogP contribution in [0.5, 0.6) is 5.75 Å². The number of aryl methyl sites for hydroxylation is 1. The Kier molecular flexibility index (Phi) is 3.83. The van der Waals surface area contributed by atoms with E-state index < -0.39 is 0 Å². The van der Waals surface area contributed by atoms with Gasteiger partial charge in [0.1, 0.15) is 5.75 Å². The van der Waals surface area contributed by atoms with Crippen molar-refractivity contribution in [3.05, 3.63) is 29.3 Å². The Morgan fingerprint density at radius 2 is 2.31 bits per heavy atom. The fraction of sp³-hybridized carbons (Fsp3) is 0.571. The molecule has 2 rings (SSSR count). The Balaban J connectivity index is 2.03. The lowest BCUT2D eigenvalue weighted by Crippen LogP contribution is -2.12. The molecule has 16 heavy (non-hydrogen) atoms. The molecular weight excluding hydrogens is 198 g/mol. The van der Waals surface area contributed by atoms with Crippen LogP contribution in [0.3, 0.4) is 0 Å².